The highest BCUT2D eigenvalue weighted by molar-refractivity contribution is 5.97. The lowest BCUT2D eigenvalue weighted by Gasteiger charge is -2.11. The standard InChI is InChI=1S/C19H20O4/c20-15-4-2-1-3-13-5-8-16(9-6-13)23-19-11-14(18(22)12-15)7-10-17(19)21/h5-11,15,20-21H,1-4,12H2/t15-/m1/s1. The van der Waals surface area contributed by atoms with Crippen LogP contribution in [0.4, 0.5) is 0 Å². The highest BCUT2D eigenvalue weighted by atomic mass is 16.5. The topological polar surface area (TPSA) is 66.8 Å². The lowest BCUT2D eigenvalue weighted by molar-refractivity contribution is 0.0864. The first-order valence-corrected chi connectivity index (χ1v) is 7.93. The molecule has 0 aliphatic carbocycles. The minimum atomic E-state index is -0.632. The van der Waals surface area contributed by atoms with Gasteiger partial charge in [-0.3, -0.25) is 4.79 Å². The molecule has 4 bridgehead atoms. The molecule has 0 amide bonds. The maximum absolute atomic E-state index is 12.3. The first-order valence-electron chi connectivity index (χ1n) is 7.93. The molecule has 2 aliphatic heterocycles. The average Bonchev–Trinajstić information content (AvgIpc) is 2.54. The Morgan fingerprint density at radius 3 is 2.61 bits per heavy atom. The van der Waals surface area contributed by atoms with Crippen LogP contribution in [0.5, 0.6) is 17.2 Å². The van der Waals surface area contributed by atoms with E-state index in [-0.39, 0.29) is 23.7 Å². The summed E-state index contributed by atoms with van der Waals surface area (Å²) < 4.78 is 5.69. The van der Waals surface area contributed by atoms with E-state index in [1.54, 1.807) is 6.07 Å². The quantitative estimate of drug-likeness (QED) is 0.775. The van der Waals surface area contributed by atoms with E-state index in [1.807, 2.05) is 24.3 Å². The van der Waals surface area contributed by atoms with Crippen molar-refractivity contribution in [1.82, 2.24) is 0 Å². The molecule has 4 nitrogen and oxygen atoms in total. The Balaban J connectivity index is 1.94. The minimum Gasteiger partial charge on any atom is -0.504 e. The van der Waals surface area contributed by atoms with Gasteiger partial charge in [0.05, 0.1) is 6.10 Å². The van der Waals surface area contributed by atoms with E-state index in [2.05, 4.69) is 0 Å². The number of aliphatic hydroxyl groups is 1. The molecule has 2 aromatic carbocycles. The second kappa shape index (κ2) is 6.84. The van der Waals surface area contributed by atoms with Crippen molar-refractivity contribution in [2.75, 3.05) is 0 Å². The van der Waals surface area contributed by atoms with Crippen molar-refractivity contribution in [1.29, 1.82) is 0 Å². The number of aromatic hydroxyl groups is 1. The third-order valence-electron chi connectivity index (χ3n) is 4.11. The monoisotopic (exact) mass is 312 g/mol. The highest BCUT2D eigenvalue weighted by Gasteiger charge is 2.16. The van der Waals surface area contributed by atoms with E-state index >= 15 is 0 Å². The van der Waals surface area contributed by atoms with Crippen LogP contribution < -0.4 is 4.74 Å². The number of phenols is 1. The van der Waals surface area contributed by atoms with Crippen molar-refractivity contribution >= 4 is 5.78 Å². The van der Waals surface area contributed by atoms with Crippen LogP contribution in [-0.4, -0.2) is 22.1 Å². The molecule has 0 fully saturated rings. The van der Waals surface area contributed by atoms with E-state index in [0.29, 0.717) is 17.7 Å². The molecular formula is C19H20O4. The van der Waals surface area contributed by atoms with Crippen LogP contribution >= 0.6 is 0 Å². The number of phenolic OH excluding ortho intramolecular Hbond substituents is 1. The normalized spacial score (nSPS) is 18.8. The highest BCUT2D eigenvalue weighted by Crippen LogP contribution is 2.32. The number of fused-ring (bicyclic) bond motifs is 8. The maximum atomic E-state index is 12.3. The summed E-state index contributed by atoms with van der Waals surface area (Å²) in [5.41, 5.74) is 1.64. The number of ketones is 1. The van der Waals surface area contributed by atoms with Crippen LogP contribution in [0, 0.1) is 0 Å². The van der Waals surface area contributed by atoms with Crippen molar-refractivity contribution in [3.63, 3.8) is 0 Å². The lowest BCUT2D eigenvalue weighted by Crippen LogP contribution is -2.13. The Morgan fingerprint density at radius 1 is 1.04 bits per heavy atom. The van der Waals surface area contributed by atoms with Crippen LogP contribution in [0.3, 0.4) is 0 Å². The number of aliphatic hydroxyl groups excluding tert-OH is 1. The van der Waals surface area contributed by atoms with Crippen LogP contribution in [0.25, 0.3) is 0 Å². The van der Waals surface area contributed by atoms with Gasteiger partial charge in [0.15, 0.2) is 17.3 Å². The molecule has 23 heavy (non-hydrogen) atoms. The number of hydrogen-bond donors (Lipinski definition) is 2. The maximum Gasteiger partial charge on any atom is 0.169 e. The molecule has 0 spiro atoms. The van der Waals surface area contributed by atoms with Gasteiger partial charge in [0.2, 0.25) is 0 Å². The van der Waals surface area contributed by atoms with E-state index in [9.17, 15) is 15.0 Å². The summed E-state index contributed by atoms with van der Waals surface area (Å²) in [4.78, 5) is 12.3. The Hall–Kier alpha value is -2.33. The van der Waals surface area contributed by atoms with Gasteiger partial charge in [0, 0.05) is 12.0 Å². The fourth-order valence-electron chi connectivity index (χ4n) is 2.76. The molecule has 2 aliphatic rings. The van der Waals surface area contributed by atoms with Gasteiger partial charge in [-0.05, 0) is 55.2 Å². The van der Waals surface area contributed by atoms with E-state index in [1.165, 1.54) is 17.7 Å². The predicted molar refractivity (Wildman–Crippen MR) is 87.1 cm³/mol. The zero-order valence-corrected chi connectivity index (χ0v) is 12.9. The first kappa shape index (κ1) is 15.6. The van der Waals surface area contributed by atoms with E-state index in [0.717, 1.165) is 19.3 Å². The third-order valence-corrected chi connectivity index (χ3v) is 4.11. The number of benzene rings is 2. The molecule has 0 radical (unpaired) electrons. The minimum absolute atomic E-state index is 0.0181. The summed E-state index contributed by atoms with van der Waals surface area (Å²) in [6, 6.07) is 12.2. The first-order chi connectivity index (χ1) is 11.1. The molecule has 0 saturated carbocycles. The lowest BCUT2D eigenvalue weighted by atomic mass is 10.00. The van der Waals surface area contributed by atoms with E-state index in [4.69, 9.17) is 4.74 Å². The van der Waals surface area contributed by atoms with Gasteiger partial charge in [0.25, 0.3) is 0 Å². The zero-order valence-electron chi connectivity index (χ0n) is 12.9. The second-order valence-corrected chi connectivity index (χ2v) is 5.96. The van der Waals surface area contributed by atoms with Crippen LogP contribution in [0.1, 0.15) is 41.6 Å². The Labute approximate surface area is 135 Å². The summed E-state index contributed by atoms with van der Waals surface area (Å²) in [6.45, 7) is 0. The van der Waals surface area contributed by atoms with Gasteiger partial charge in [-0.1, -0.05) is 18.6 Å². The van der Waals surface area contributed by atoms with Crippen molar-refractivity contribution in [3.8, 4) is 17.2 Å². The number of aryl methyl sites for hydroxylation is 1. The second-order valence-electron chi connectivity index (χ2n) is 5.96. The summed E-state index contributed by atoms with van der Waals surface area (Å²) in [5.74, 6) is 0.694. The third kappa shape index (κ3) is 3.90. The summed E-state index contributed by atoms with van der Waals surface area (Å²) >= 11 is 0. The molecule has 120 valence electrons. The van der Waals surface area contributed by atoms with Crippen molar-refractivity contribution in [2.45, 2.75) is 38.2 Å². The molecule has 1 atom stereocenters. The molecule has 2 N–H and O–H groups in total. The fraction of sp³-hybridized carbons (Fsp3) is 0.316. The van der Waals surface area contributed by atoms with Crippen molar-refractivity contribution in [2.24, 2.45) is 0 Å². The van der Waals surface area contributed by atoms with Gasteiger partial charge in [0.1, 0.15) is 5.75 Å². The van der Waals surface area contributed by atoms with Crippen LogP contribution in [0.15, 0.2) is 42.5 Å². The average molecular weight is 312 g/mol. The Kier molecular flexibility index (Phi) is 4.63. The number of Topliss-reactive ketones (excluding diaryl/α,β-unsaturated/α-hetero) is 1. The van der Waals surface area contributed by atoms with Crippen molar-refractivity contribution < 1.29 is 19.7 Å². The molecule has 4 rings (SSSR count). The van der Waals surface area contributed by atoms with Gasteiger partial charge >= 0.3 is 0 Å². The SMILES string of the molecule is O=C1C[C@H](O)CCCCc2ccc(cc2)Oc2cc1ccc2O. The molecule has 0 aromatic heterocycles. The number of carbonyl (C=O) groups excluding carboxylic acids is 1. The van der Waals surface area contributed by atoms with Crippen molar-refractivity contribution in [3.05, 3.63) is 53.6 Å². The molecule has 4 heteroatoms. The van der Waals surface area contributed by atoms with Crippen LogP contribution in [0.2, 0.25) is 0 Å². The van der Waals surface area contributed by atoms with Gasteiger partial charge in [-0.2, -0.15) is 0 Å². The van der Waals surface area contributed by atoms with Gasteiger partial charge in [-0.15, -0.1) is 0 Å². The van der Waals surface area contributed by atoms with E-state index < -0.39 is 6.10 Å². The van der Waals surface area contributed by atoms with Gasteiger partial charge in [-0.25, -0.2) is 0 Å². The predicted octanol–water partition coefficient (Wildman–Crippen LogP) is 3.84. The molecule has 2 heterocycles. The number of hydrogen-bond acceptors (Lipinski definition) is 4. The molecule has 0 saturated heterocycles. The summed E-state index contributed by atoms with van der Waals surface area (Å²) in [5, 5.41) is 20.0. The fourth-order valence-corrected chi connectivity index (χ4v) is 2.76. The summed E-state index contributed by atoms with van der Waals surface area (Å²) in [6.07, 6.45) is 2.86. The van der Waals surface area contributed by atoms with Gasteiger partial charge < -0.3 is 14.9 Å². The zero-order chi connectivity index (χ0) is 16.2. The number of ether oxygens (including phenoxy) is 1. The molecular weight excluding hydrogens is 292 g/mol. The Morgan fingerprint density at radius 2 is 1.83 bits per heavy atom. The number of rotatable bonds is 0. The largest absolute Gasteiger partial charge is 0.504 e. The Bertz CT molecular complexity index is 691. The van der Waals surface area contributed by atoms with Crippen LogP contribution in [-0.2, 0) is 6.42 Å². The summed E-state index contributed by atoms with van der Waals surface area (Å²) in [7, 11) is 0. The smallest absolute Gasteiger partial charge is 0.169 e. The molecule has 0 unspecified atom stereocenters. The molecule has 2 aromatic rings. The number of carbonyl (C=O) groups is 1.